The summed E-state index contributed by atoms with van der Waals surface area (Å²) >= 11 is 0. The zero-order valence-electron chi connectivity index (χ0n) is 27.9. The summed E-state index contributed by atoms with van der Waals surface area (Å²) in [5.41, 5.74) is -3.46. The minimum absolute atomic E-state index is 0.0620. The molecule has 2 heterocycles. The standard InChI is InChI=1S/C35H42O12/c1-17-23-15-34(32(6,7)47-23)26(17)27(43-19(3)37)29(44-20(4)38)33(8)24(42-18(2)36)14-25-35(16-41-25,46-21(5)39)28(33)30(34)45-31(40)22-12-10-9-11-13-22/h9-13,23-25,27-30H,14-16H2,1-8H3/t23-,24-,25-,27+,28-,29+,30-,33+,34+,35+/m0/s1. The molecule has 12 heteroatoms. The number of esters is 5. The molecular formula is C35H42O12. The molecular weight excluding hydrogens is 612 g/mol. The van der Waals surface area contributed by atoms with E-state index in [2.05, 4.69) is 0 Å². The molecule has 5 aliphatic rings. The Morgan fingerprint density at radius 2 is 1.45 bits per heavy atom. The van der Waals surface area contributed by atoms with E-state index in [-0.39, 0.29) is 18.6 Å². The van der Waals surface area contributed by atoms with Crippen LogP contribution in [0.25, 0.3) is 0 Å². The third kappa shape index (κ3) is 4.73. The highest BCUT2D eigenvalue weighted by atomic mass is 16.6. The lowest BCUT2D eigenvalue weighted by atomic mass is 9.49. The van der Waals surface area contributed by atoms with Crippen molar-refractivity contribution in [2.45, 2.75) is 116 Å². The van der Waals surface area contributed by atoms with Gasteiger partial charge >= 0.3 is 29.8 Å². The summed E-state index contributed by atoms with van der Waals surface area (Å²) in [5, 5.41) is 0. The van der Waals surface area contributed by atoms with E-state index in [0.717, 1.165) is 5.57 Å². The Morgan fingerprint density at radius 1 is 0.809 bits per heavy atom. The Kier molecular flexibility index (Phi) is 7.86. The molecule has 6 rings (SSSR count). The molecule has 3 aliphatic carbocycles. The molecule has 1 spiro atoms. The van der Waals surface area contributed by atoms with Gasteiger partial charge in [0.25, 0.3) is 0 Å². The molecule has 4 fully saturated rings. The van der Waals surface area contributed by atoms with E-state index in [1.54, 1.807) is 37.3 Å². The van der Waals surface area contributed by atoms with Crippen molar-refractivity contribution in [3.05, 3.63) is 47.0 Å². The van der Waals surface area contributed by atoms with Crippen molar-refractivity contribution in [3.63, 3.8) is 0 Å². The average molecular weight is 655 g/mol. The molecule has 2 saturated carbocycles. The molecule has 2 aliphatic heterocycles. The van der Waals surface area contributed by atoms with Crippen molar-refractivity contribution in [3.8, 4) is 0 Å². The molecule has 47 heavy (non-hydrogen) atoms. The van der Waals surface area contributed by atoms with Crippen LogP contribution in [0.1, 0.15) is 78.6 Å². The molecule has 0 N–H and O–H groups in total. The van der Waals surface area contributed by atoms with Gasteiger partial charge in [-0.15, -0.1) is 0 Å². The quantitative estimate of drug-likeness (QED) is 0.250. The topological polar surface area (TPSA) is 150 Å². The maximum Gasteiger partial charge on any atom is 0.338 e. The minimum Gasteiger partial charge on any atom is -0.462 e. The fourth-order valence-corrected chi connectivity index (χ4v) is 9.53. The molecule has 0 unspecified atom stereocenters. The van der Waals surface area contributed by atoms with Crippen LogP contribution >= 0.6 is 0 Å². The fourth-order valence-electron chi connectivity index (χ4n) is 9.53. The minimum atomic E-state index is -1.48. The molecule has 0 aromatic heterocycles. The van der Waals surface area contributed by atoms with Gasteiger partial charge in [0.1, 0.15) is 18.3 Å². The summed E-state index contributed by atoms with van der Waals surface area (Å²) in [4.78, 5) is 65.8. The summed E-state index contributed by atoms with van der Waals surface area (Å²) < 4.78 is 44.0. The Morgan fingerprint density at radius 3 is 2.00 bits per heavy atom. The Bertz CT molecular complexity index is 1550. The van der Waals surface area contributed by atoms with Crippen LogP contribution in [0.2, 0.25) is 0 Å². The van der Waals surface area contributed by atoms with Gasteiger partial charge in [-0.3, -0.25) is 19.2 Å². The summed E-state index contributed by atoms with van der Waals surface area (Å²) in [6.45, 7) is 12.4. The molecule has 1 aromatic rings. The maximum absolute atomic E-state index is 14.2. The second kappa shape index (κ2) is 11.2. The van der Waals surface area contributed by atoms with E-state index in [0.29, 0.717) is 12.0 Å². The summed E-state index contributed by atoms with van der Waals surface area (Å²) in [7, 11) is 0. The molecule has 12 nitrogen and oxygen atoms in total. The van der Waals surface area contributed by atoms with Crippen molar-refractivity contribution >= 4 is 29.8 Å². The van der Waals surface area contributed by atoms with E-state index in [1.165, 1.54) is 27.7 Å². The van der Waals surface area contributed by atoms with Gasteiger partial charge in [-0.05, 0) is 50.5 Å². The third-order valence-electron chi connectivity index (χ3n) is 11.2. The number of rotatable bonds is 6. The average Bonchev–Trinajstić information content (AvgIpc) is 3.39. The largest absolute Gasteiger partial charge is 0.462 e. The van der Waals surface area contributed by atoms with Gasteiger partial charge < -0.3 is 33.2 Å². The Balaban J connectivity index is 1.72. The zero-order valence-corrected chi connectivity index (χ0v) is 27.9. The molecule has 2 bridgehead atoms. The van der Waals surface area contributed by atoms with E-state index >= 15 is 0 Å². The number of ether oxygens (including phenoxy) is 7. The monoisotopic (exact) mass is 654 g/mol. The second-order valence-electron chi connectivity index (χ2n) is 14.2. The van der Waals surface area contributed by atoms with Crippen molar-refractivity contribution in [2.75, 3.05) is 6.61 Å². The molecule has 0 radical (unpaired) electrons. The highest BCUT2D eigenvalue weighted by Gasteiger charge is 2.82. The van der Waals surface area contributed by atoms with Crippen LogP contribution < -0.4 is 0 Å². The lowest BCUT2D eigenvalue weighted by Crippen LogP contribution is -2.79. The number of fused-ring (bicyclic) bond motifs is 4. The van der Waals surface area contributed by atoms with Crippen LogP contribution in [0.15, 0.2) is 41.5 Å². The smallest absolute Gasteiger partial charge is 0.338 e. The first kappa shape index (κ1) is 33.1. The van der Waals surface area contributed by atoms with Crippen molar-refractivity contribution in [1.29, 1.82) is 0 Å². The van der Waals surface area contributed by atoms with Gasteiger partial charge in [0.05, 0.1) is 40.6 Å². The fraction of sp³-hybridized carbons (Fsp3) is 0.629. The number of carbonyl (C=O) groups is 5. The number of carbonyl (C=O) groups excluding carboxylic acids is 5. The van der Waals surface area contributed by atoms with Crippen LogP contribution in [0.4, 0.5) is 0 Å². The third-order valence-corrected chi connectivity index (χ3v) is 11.2. The van der Waals surface area contributed by atoms with Crippen LogP contribution in [0.3, 0.4) is 0 Å². The van der Waals surface area contributed by atoms with Gasteiger partial charge in [-0.25, -0.2) is 4.79 Å². The normalized spacial score (nSPS) is 39.2. The van der Waals surface area contributed by atoms with E-state index in [1.807, 2.05) is 20.8 Å². The SMILES string of the molecule is CC(=O)O[C@@H]1C2=C(C)[C@@H]3C[C@@]2([C@@H](OC(=O)c2ccccc2)[C@@H]2[C@@]4(OC(C)=O)CO[C@H]4C[C@H](OC(C)=O)[C@@]2(C)[C@@H]1OC(C)=O)C(C)(C)O3. The van der Waals surface area contributed by atoms with Crippen molar-refractivity contribution in [1.82, 2.24) is 0 Å². The van der Waals surface area contributed by atoms with Gasteiger partial charge in [0.15, 0.2) is 17.8 Å². The van der Waals surface area contributed by atoms with E-state index in [4.69, 9.17) is 33.2 Å². The lowest BCUT2D eigenvalue weighted by molar-refractivity contribution is -0.350. The molecule has 254 valence electrons. The van der Waals surface area contributed by atoms with E-state index in [9.17, 15) is 24.0 Å². The van der Waals surface area contributed by atoms with Crippen molar-refractivity contribution < 1.29 is 57.1 Å². The number of benzene rings is 1. The van der Waals surface area contributed by atoms with Crippen LogP contribution in [0, 0.1) is 16.7 Å². The Labute approximate surface area is 273 Å². The van der Waals surface area contributed by atoms with E-state index < -0.39 is 94.4 Å². The highest BCUT2D eigenvalue weighted by molar-refractivity contribution is 5.89. The van der Waals surface area contributed by atoms with Gasteiger partial charge in [-0.1, -0.05) is 25.1 Å². The van der Waals surface area contributed by atoms with Crippen LogP contribution in [-0.4, -0.2) is 84.3 Å². The summed E-state index contributed by atoms with van der Waals surface area (Å²) in [5.74, 6) is -4.18. The number of hydrogen-bond acceptors (Lipinski definition) is 12. The summed E-state index contributed by atoms with van der Waals surface area (Å²) in [6, 6.07) is 8.48. The molecule has 1 aromatic carbocycles. The molecule has 0 amide bonds. The van der Waals surface area contributed by atoms with Crippen LogP contribution in [0.5, 0.6) is 0 Å². The Hall–Kier alpha value is -3.77. The van der Waals surface area contributed by atoms with Gasteiger partial charge in [0.2, 0.25) is 0 Å². The van der Waals surface area contributed by atoms with Gasteiger partial charge in [-0.2, -0.15) is 0 Å². The van der Waals surface area contributed by atoms with Crippen molar-refractivity contribution in [2.24, 2.45) is 16.7 Å². The first-order valence-electron chi connectivity index (χ1n) is 16.0. The summed E-state index contributed by atoms with van der Waals surface area (Å²) in [6.07, 6.45) is -5.42. The predicted octanol–water partition coefficient (Wildman–Crippen LogP) is 3.63. The number of hydrogen-bond donors (Lipinski definition) is 0. The predicted molar refractivity (Wildman–Crippen MR) is 161 cm³/mol. The molecule has 2 saturated heterocycles. The molecule has 10 atom stereocenters. The highest BCUT2D eigenvalue weighted by Crippen LogP contribution is 2.72. The first-order chi connectivity index (χ1) is 22.0. The lowest BCUT2D eigenvalue weighted by Gasteiger charge is -2.65. The first-order valence-corrected chi connectivity index (χ1v) is 16.0. The second-order valence-corrected chi connectivity index (χ2v) is 14.2. The maximum atomic E-state index is 14.2. The van der Waals surface area contributed by atoms with Gasteiger partial charge in [0, 0.05) is 34.1 Å². The zero-order chi connectivity index (χ0) is 34.3. The van der Waals surface area contributed by atoms with Crippen LogP contribution in [-0.2, 0) is 52.3 Å².